The van der Waals surface area contributed by atoms with E-state index >= 15 is 0 Å². The molecule has 1 aliphatic rings. The molecular weight excluding hydrogens is 272 g/mol. The summed E-state index contributed by atoms with van der Waals surface area (Å²) in [6.07, 6.45) is 0.519. The first-order chi connectivity index (χ1) is 10.2. The summed E-state index contributed by atoms with van der Waals surface area (Å²) in [5.41, 5.74) is 2.52. The molecule has 1 aliphatic heterocycles. The Morgan fingerprint density at radius 2 is 2.00 bits per heavy atom. The summed E-state index contributed by atoms with van der Waals surface area (Å²) in [4.78, 5) is 0. The molecule has 0 saturated carbocycles. The van der Waals surface area contributed by atoms with Crippen LogP contribution in [-0.4, -0.2) is 13.7 Å². The van der Waals surface area contributed by atoms with Gasteiger partial charge in [0.1, 0.15) is 17.7 Å². The van der Waals surface area contributed by atoms with E-state index < -0.39 is 17.7 Å². The van der Waals surface area contributed by atoms with Crippen LogP contribution < -0.4 is 5.32 Å². The van der Waals surface area contributed by atoms with E-state index in [-0.39, 0.29) is 6.10 Å². The Hall–Kier alpha value is -1.78. The molecule has 0 radical (unpaired) electrons. The van der Waals surface area contributed by atoms with Crippen LogP contribution >= 0.6 is 0 Å². The van der Waals surface area contributed by atoms with Crippen LogP contribution in [0.5, 0.6) is 0 Å². The van der Waals surface area contributed by atoms with E-state index in [1.54, 1.807) is 7.05 Å². The molecule has 0 aromatic heterocycles. The third kappa shape index (κ3) is 2.69. The lowest BCUT2D eigenvalue weighted by atomic mass is 9.89. The normalized spacial score (nSPS) is 19.1. The van der Waals surface area contributed by atoms with Crippen LogP contribution in [0.15, 0.2) is 42.5 Å². The fraction of sp³-hybridized carbons (Fsp3) is 0.294. The molecule has 0 saturated heterocycles. The van der Waals surface area contributed by atoms with E-state index in [4.69, 9.17) is 4.74 Å². The summed E-state index contributed by atoms with van der Waals surface area (Å²) in [6, 6.07) is 11.1. The summed E-state index contributed by atoms with van der Waals surface area (Å²) in [6.45, 7) is 0.580. The Balaban J connectivity index is 2.03. The largest absolute Gasteiger partial charge is 0.371 e. The lowest BCUT2D eigenvalue weighted by molar-refractivity contribution is 0.0157. The van der Waals surface area contributed by atoms with Gasteiger partial charge in [-0.2, -0.15) is 0 Å². The Morgan fingerprint density at radius 3 is 2.81 bits per heavy atom. The highest BCUT2D eigenvalue weighted by Gasteiger charge is 2.30. The van der Waals surface area contributed by atoms with Gasteiger partial charge in [0.2, 0.25) is 0 Å². The first kappa shape index (κ1) is 14.2. The van der Waals surface area contributed by atoms with Crippen molar-refractivity contribution in [2.45, 2.75) is 18.6 Å². The van der Waals surface area contributed by atoms with Crippen LogP contribution in [0.3, 0.4) is 0 Å². The third-order valence-corrected chi connectivity index (χ3v) is 3.94. The molecule has 1 heterocycles. The van der Waals surface area contributed by atoms with Gasteiger partial charge in [0.25, 0.3) is 0 Å². The zero-order chi connectivity index (χ0) is 14.8. The number of nitrogens with one attached hydrogen (secondary N) is 1. The lowest BCUT2D eigenvalue weighted by Gasteiger charge is -2.32. The summed E-state index contributed by atoms with van der Waals surface area (Å²) >= 11 is 0. The Labute approximate surface area is 122 Å². The topological polar surface area (TPSA) is 21.3 Å². The molecule has 0 aliphatic carbocycles. The first-order valence-electron chi connectivity index (χ1n) is 7.02. The van der Waals surface area contributed by atoms with Gasteiger partial charge in [-0.05, 0) is 42.8 Å². The maximum absolute atomic E-state index is 14.1. The van der Waals surface area contributed by atoms with E-state index in [1.807, 2.05) is 18.2 Å². The Bertz CT molecular complexity index is 644. The highest BCUT2D eigenvalue weighted by atomic mass is 19.1. The van der Waals surface area contributed by atoms with Crippen molar-refractivity contribution in [1.29, 1.82) is 0 Å². The number of fused-ring (bicyclic) bond motifs is 1. The molecular formula is C17H17F2NO. The molecule has 2 atom stereocenters. The second kappa shape index (κ2) is 5.92. The molecule has 21 heavy (non-hydrogen) atoms. The zero-order valence-corrected chi connectivity index (χ0v) is 11.8. The average molecular weight is 289 g/mol. The second-order valence-corrected chi connectivity index (χ2v) is 5.17. The monoisotopic (exact) mass is 289 g/mol. The van der Waals surface area contributed by atoms with E-state index in [0.29, 0.717) is 12.2 Å². The quantitative estimate of drug-likeness (QED) is 0.933. The lowest BCUT2D eigenvalue weighted by Crippen LogP contribution is -2.30. The molecule has 0 spiro atoms. The molecule has 2 nitrogen and oxygen atoms in total. The minimum Gasteiger partial charge on any atom is -0.371 e. The molecule has 0 amide bonds. The molecule has 2 unspecified atom stereocenters. The van der Waals surface area contributed by atoms with Crippen molar-refractivity contribution in [3.63, 3.8) is 0 Å². The van der Waals surface area contributed by atoms with Crippen molar-refractivity contribution in [3.8, 4) is 0 Å². The van der Waals surface area contributed by atoms with Crippen molar-refractivity contribution >= 4 is 0 Å². The van der Waals surface area contributed by atoms with Gasteiger partial charge in [-0.3, -0.25) is 0 Å². The number of benzene rings is 2. The minimum absolute atomic E-state index is 0.291. The maximum atomic E-state index is 14.1. The molecule has 2 aromatic rings. The molecule has 0 bridgehead atoms. The number of ether oxygens (including phenoxy) is 1. The zero-order valence-electron chi connectivity index (χ0n) is 11.8. The number of hydrogen-bond acceptors (Lipinski definition) is 2. The molecule has 0 fully saturated rings. The molecule has 4 heteroatoms. The third-order valence-electron chi connectivity index (χ3n) is 3.94. The summed E-state index contributed by atoms with van der Waals surface area (Å²) < 4.78 is 33.4. The predicted molar refractivity (Wildman–Crippen MR) is 77.0 cm³/mol. The van der Waals surface area contributed by atoms with Crippen LogP contribution in [0, 0.1) is 11.6 Å². The van der Waals surface area contributed by atoms with Crippen LogP contribution in [0.25, 0.3) is 0 Å². The molecule has 110 valence electrons. The smallest absolute Gasteiger partial charge is 0.128 e. The van der Waals surface area contributed by atoms with Crippen LogP contribution in [0.4, 0.5) is 8.78 Å². The Morgan fingerprint density at radius 1 is 1.19 bits per heavy atom. The van der Waals surface area contributed by atoms with Crippen molar-refractivity contribution in [2.24, 2.45) is 0 Å². The van der Waals surface area contributed by atoms with Crippen molar-refractivity contribution in [1.82, 2.24) is 5.32 Å². The number of rotatable bonds is 3. The number of halogens is 2. The average Bonchev–Trinajstić information content (AvgIpc) is 2.51. The molecule has 2 aromatic carbocycles. The Kier molecular flexibility index (Phi) is 3.99. The molecule has 3 rings (SSSR count). The summed E-state index contributed by atoms with van der Waals surface area (Å²) in [7, 11) is 1.73. The van der Waals surface area contributed by atoms with Gasteiger partial charge in [-0.1, -0.05) is 24.3 Å². The highest BCUT2D eigenvalue weighted by molar-refractivity contribution is 5.35. The van der Waals surface area contributed by atoms with Gasteiger partial charge < -0.3 is 10.1 Å². The molecule has 1 N–H and O–H groups in total. The number of hydrogen-bond donors (Lipinski definition) is 1. The van der Waals surface area contributed by atoms with Gasteiger partial charge in [-0.25, -0.2) is 8.78 Å². The van der Waals surface area contributed by atoms with E-state index in [0.717, 1.165) is 24.1 Å². The van der Waals surface area contributed by atoms with E-state index in [2.05, 4.69) is 11.4 Å². The fourth-order valence-corrected chi connectivity index (χ4v) is 2.92. The summed E-state index contributed by atoms with van der Waals surface area (Å²) in [5.74, 6) is -0.877. The maximum Gasteiger partial charge on any atom is 0.128 e. The summed E-state index contributed by atoms with van der Waals surface area (Å²) in [5, 5.41) is 3.07. The van der Waals surface area contributed by atoms with E-state index in [9.17, 15) is 8.78 Å². The second-order valence-electron chi connectivity index (χ2n) is 5.17. The van der Waals surface area contributed by atoms with Gasteiger partial charge in [0, 0.05) is 5.56 Å². The van der Waals surface area contributed by atoms with Gasteiger partial charge in [0.15, 0.2) is 0 Å². The van der Waals surface area contributed by atoms with Crippen LogP contribution in [0.2, 0.25) is 0 Å². The standard InChI is InChI=1S/C17H17F2NO/c1-20-16(14-10-12(18)6-7-15(14)19)17-13-5-3-2-4-11(13)8-9-21-17/h2-7,10,16-17,20H,8-9H2,1H3. The fourth-order valence-electron chi connectivity index (χ4n) is 2.92. The van der Waals surface area contributed by atoms with Gasteiger partial charge in [0.05, 0.1) is 12.6 Å². The van der Waals surface area contributed by atoms with Crippen LogP contribution in [0.1, 0.15) is 28.8 Å². The van der Waals surface area contributed by atoms with E-state index in [1.165, 1.54) is 11.6 Å². The highest BCUT2D eigenvalue weighted by Crippen LogP contribution is 2.37. The SMILES string of the molecule is CNC(c1cc(F)ccc1F)C1OCCc2ccccc21. The minimum atomic E-state index is -0.448. The predicted octanol–water partition coefficient (Wildman–Crippen LogP) is 3.54. The van der Waals surface area contributed by atoms with Crippen molar-refractivity contribution in [2.75, 3.05) is 13.7 Å². The van der Waals surface area contributed by atoms with Gasteiger partial charge >= 0.3 is 0 Å². The number of likely N-dealkylation sites (N-methyl/N-ethyl adjacent to an activating group) is 1. The van der Waals surface area contributed by atoms with Crippen LogP contribution in [-0.2, 0) is 11.2 Å². The first-order valence-corrected chi connectivity index (χ1v) is 7.02. The van der Waals surface area contributed by atoms with Crippen molar-refractivity contribution in [3.05, 3.63) is 70.8 Å². The van der Waals surface area contributed by atoms with Crippen molar-refractivity contribution < 1.29 is 13.5 Å². The van der Waals surface area contributed by atoms with Gasteiger partial charge in [-0.15, -0.1) is 0 Å².